The maximum atomic E-state index is 10.5. The van der Waals surface area contributed by atoms with Crippen molar-refractivity contribution in [2.45, 2.75) is 31.4 Å². The normalized spacial score (nSPS) is 21.0. The van der Waals surface area contributed by atoms with Crippen molar-refractivity contribution < 1.29 is 14.9 Å². The van der Waals surface area contributed by atoms with Crippen LogP contribution in [-0.2, 0) is 6.54 Å². The Labute approximate surface area is 165 Å². The number of aliphatic hydroxyl groups excluding tert-OH is 1. The van der Waals surface area contributed by atoms with Gasteiger partial charge in [-0.1, -0.05) is 6.07 Å². The molecule has 0 saturated carbocycles. The molecule has 0 amide bonds. The number of benzene rings is 1. The molecule has 2 N–H and O–H groups in total. The topological polar surface area (TPSA) is 70.2 Å². The van der Waals surface area contributed by atoms with Crippen LogP contribution in [0.15, 0.2) is 48.7 Å². The van der Waals surface area contributed by atoms with Crippen molar-refractivity contribution >= 4 is 5.65 Å². The number of imidazole rings is 1. The van der Waals surface area contributed by atoms with Gasteiger partial charge in [0.25, 0.3) is 0 Å². The Morgan fingerprint density at radius 2 is 1.93 bits per heavy atom. The molecular formula is C22H27N3O3. The molecule has 1 aromatic carbocycles. The van der Waals surface area contributed by atoms with Crippen LogP contribution in [-0.4, -0.2) is 56.9 Å². The molecule has 28 heavy (non-hydrogen) atoms. The molecule has 0 bridgehead atoms. The predicted molar refractivity (Wildman–Crippen MR) is 108 cm³/mol. The first-order valence-electron chi connectivity index (χ1n) is 9.78. The number of nitrogens with zero attached hydrogens (tertiary/aromatic N) is 3. The number of ether oxygens (including phenoxy) is 1. The molecule has 148 valence electrons. The van der Waals surface area contributed by atoms with Crippen molar-refractivity contribution in [3.05, 3.63) is 54.4 Å². The van der Waals surface area contributed by atoms with E-state index in [-0.39, 0.29) is 6.61 Å². The van der Waals surface area contributed by atoms with Crippen molar-refractivity contribution in [1.82, 2.24) is 14.3 Å². The molecule has 6 nitrogen and oxygen atoms in total. The summed E-state index contributed by atoms with van der Waals surface area (Å²) in [5, 5.41) is 20.0. The largest absolute Gasteiger partial charge is 0.497 e. The summed E-state index contributed by atoms with van der Waals surface area (Å²) in [5.41, 5.74) is 3.13. The molecule has 4 rings (SSSR count). The highest BCUT2D eigenvalue weighted by atomic mass is 16.5. The third-order valence-electron chi connectivity index (χ3n) is 5.67. The summed E-state index contributed by atoms with van der Waals surface area (Å²) >= 11 is 0. The zero-order valence-corrected chi connectivity index (χ0v) is 16.2. The van der Waals surface area contributed by atoms with Gasteiger partial charge in [-0.2, -0.15) is 0 Å². The molecule has 1 aliphatic rings. The number of hydrogen-bond acceptors (Lipinski definition) is 5. The summed E-state index contributed by atoms with van der Waals surface area (Å²) in [6.07, 6.45) is 4.13. The summed E-state index contributed by atoms with van der Waals surface area (Å²) in [5.74, 6) is 0.824. The second-order valence-electron chi connectivity index (χ2n) is 7.58. The first kappa shape index (κ1) is 18.9. The van der Waals surface area contributed by atoms with Gasteiger partial charge in [-0.15, -0.1) is 0 Å². The molecule has 0 aliphatic carbocycles. The van der Waals surface area contributed by atoms with E-state index in [9.17, 15) is 10.2 Å². The molecule has 3 aromatic rings. The highest BCUT2D eigenvalue weighted by Gasteiger charge is 2.30. The van der Waals surface area contributed by atoms with Crippen molar-refractivity contribution in [2.75, 3.05) is 26.8 Å². The zero-order valence-electron chi connectivity index (χ0n) is 16.2. The molecule has 1 fully saturated rings. The molecule has 6 heteroatoms. The molecule has 1 unspecified atom stereocenters. The number of fused-ring (bicyclic) bond motifs is 1. The maximum Gasteiger partial charge on any atom is 0.137 e. The molecule has 1 saturated heterocycles. The van der Waals surface area contributed by atoms with E-state index in [0.717, 1.165) is 54.4 Å². The summed E-state index contributed by atoms with van der Waals surface area (Å²) in [7, 11) is 1.66. The van der Waals surface area contributed by atoms with Crippen molar-refractivity contribution in [2.24, 2.45) is 0 Å². The van der Waals surface area contributed by atoms with Crippen molar-refractivity contribution in [3.8, 4) is 17.0 Å². The van der Waals surface area contributed by atoms with Gasteiger partial charge in [0.1, 0.15) is 11.4 Å². The highest BCUT2D eigenvalue weighted by Crippen LogP contribution is 2.29. The first-order chi connectivity index (χ1) is 13.6. The van der Waals surface area contributed by atoms with E-state index in [1.54, 1.807) is 7.11 Å². The highest BCUT2D eigenvalue weighted by molar-refractivity contribution is 5.67. The monoisotopic (exact) mass is 381 g/mol. The number of likely N-dealkylation sites (tertiary alicyclic amines) is 1. The Morgan fingerprint density at radius 3 is 2.68 bits per heavy atom. The van der Waals surface area contributed by atoms with Gasteiger partial charge in [0.2, 0.25) is 0 Å². The second kappa shape index (κ2) is 7.91. The minimum atomic E-state index is -0.951. The summed E-state index contributed by atoms with van der Waals surface area (Å²) in [4.78, 5) is 7.22. The molecule has 1 atom stereocenters. The molecule has 0 spiro atoms. The predicted octanol–water partition coefficient (Wildman–Crippen LogP) is 2.72. The average Bonchev–Trinajstić information content (AvgIpc) is 2.99. The van der Waals surface area contributed by atoms with Gasteiger partial charge < -0.3 is 19.4 Å². The Bertz CT molecular complexity index is 938. The number of pyridine rings is 1. The quantitative estimate of drug-likeness (QED) is 0.711. The van der Waals surface area contributed by atoms with Gasteiger partial charge in [-0.05, 0) is 62.2 Å². The lowest BCUT2D eigenvalue weighted by Crippen LogP contribution is -2.34. The van der Waals surface area contributed by atoms with E-state index in [2.05, 4.69) is 9.30 Å². The number of aromatic nitrogens is 2. The summed E-state index contributed by atoms with van der Waals surface area (Å²) in [6, 6.07) is 14.0. The van der Waals surface area contributed by atoms with Gasteiger partial charge in [-0.25, -0.2) is 4.98 Å². The van der Waals surface area contributed by atoms with E-state index in [4.69, 9.17) is 9.72 Å². The Hall–Kier alpha value is -2.41. The van der Waals surface area contributed by atoms with E-state index in [0.29, 0.717) is 12.8 Å². The van der Waals surface area contributed by atoms with Gasteiger partial charge >= 0.3 is 0 Å². The van der Waals surface area contributed by atoms with E-state index in [1.165, 1.54) is 0 Å². The molecule has 2 aromatic heterocycles. The number of hydrogen-bond donors (Lipinski definition) is 2. The van der Waals surface area contributed by atoms with Crippen LogP contribution in [0.2, 0.25) is 0 Å². The summed E-state index contributed by atoms with van der Waals surface area (Å²) in [6.45, 7) is 2.21. The van der Waals surface area contributed by atoms with Gasteiger partial charge in [0, 0.05) is 24.8 Å². The smallest absolute Gasteiger partial charge is 0.137 e. The SMILES string of the molecule is COc1ccc(-c2nc3ccccn3c2CN2CCCC(O)(CO)CC2)cc1. The lowest BCUT2D eigenvalue weighted by molar-refractivity contribution is -0.0255. The van der Waals surface area contributed by atoms with E-state index < -0.39 is 5.60 Å². The van der Waals surface area contributed by atoms with E-state index >= 15 is 0 Å². The molecule has 3 heterocycles. The van der Waals surface area contributed by atoms with Crippen LogP contribution in [0.5, 0.6) is 5.75 Å². The Kier molecular flexibility index (Phi) is 5.35. The minimum absolute atomic E-state index is 0.173. The van der Waals surface area contributed by atoms with Crippen molar-refractivity contribution in [3.63, 3.8) is 0 Å². The van der Waals surface area contributed by atoms with Crippen molar-refractivity contribution in [1.29, 1.82) is 0 Å². The van der Waals surface area contributed by atoms with Crippen LogP contribution >= 0.6 is 0 Å². The minimum Gasteiger partial charge on any atom is -0.497 e. The van der Waals surface area contributed by atoms with Crippen LogP contribution < -0.4 is 4.74 Å². The molecule has 0 radical (unpaired) electrons. The Morgan fingerprint density at radius 1 is 1.11 bits per heavy atom. The number of methoxy groups -OCH3 is 1. The summed E-state index contributed by atoms with van der Waals surface area (Å²) < 4.78 is 7.42. The lowest BCUT2D eigenvalue weighted by atomic mass is 9.96. The van der Waals surface area contributed by atoms with Crippen LogP contribution in [0.3, 0.4) is 0 Å². The van der Waals surface area contributed by atoms with Gasteiger partial charge in [0.05, 0.1) is 30.7 Å². The zero-order chi connectivity index (χ0) is 19.6. The maximum absolute atomic E-state index is 10.5. The first-order valence-corrected chi connectivity index (χ1v) is 9.78. The fourth-order valence-electron chi connectivity index (χ4n) is 3.94. The third kappa shape index (κ3) is 3.76. The standard InChI is InChI=1S/C22H27N3O3/c1-28-18-8-6-17(7-9-18)21-19(25-13-3-2-5-20(25)23-21)15-24-12-4-10-22(27,16-26)11-14-24/h2-3,5-9,13,26-27H,4,10-12,14-16H2,1H3. The van der Waals surface area contributed by atoms with Crippen LogP contribution in [0.4, 0.5) is 0 Å². The molecule has 1 aliphatic heterocycles. The van der Waals surface area contributed by atoms with Gasteiger partial charge in [0.15, 0.2) is 0 Å². The van der Waals surface area contributed by atoms with Crippen LogP contribution in [0, 0.1) is 0 Å². The third-order valence-corrected chi connectivity index (χ3v) is 5.67. The fraction of sp³-hybridized carbons (Fsp3) is 0.409. The van der Waals surface area contributed by atoms with Crippen LogP contribution in [0.1, 0.15) is 25.0 Å². The van der Waals surface area contributed by atoms with Gasteiger partial charge in [-0.3, -0.25) is 4.90 Å². The number of rotatable bonds is 5. The van der Waals surface area contributed by atoms with Crippen LogP contribution in [0.25, 0.3) is 16.9 Å². The lowest BCUT2D eigenvalue weighted by Gasteiger charge is -2.24. The fourth-order valence-corrected chi connectivity index (χ4v) is 3.94. The number of aliphatic hydroxyl groups is 2. The molecular weight excluding hydrogens is 354 g/mol. The Balaban J connectivity index is 1.67. The van der Waals surface area contributed by atoms with E-state index in [1.807, 2.05) is 48.7 Å². The second-order valence-corrected chi connectivity index (χ2v) is 7.58. The average molecular weight is 381 g/mol.